The molecule has 62 heavy (non-hydrogen) atoms. The van der Waals surface area contributed by atoms with Crippen LogP contribution in [0.2, 0.25) is 0 Å². The van der Waals surface area contributed by atoms with E-state index in [1.54, 1.807) is 41.5 Å². The summed E-state index contributed by atoms with van der Waals surface area (Å²) in [5.41, 5.74) is 19.8. The van der Waals surface area contributed by atoms with E-state index in [-0.39, 0.29) is 43.3 Å². The van der Waals surface area contributed by atoms with Gasteiger partial charge in [0.05, 0.1) is 44.7 Å². The second-order valence-electron chi connectivity index (χ2n) is 16.1. The minimum absolute atomic E-state index is 0. The summed E-state index contributed by atoms with van der Waals surface area (Å²) in [6.07, 6.45) is 0.899. The van der Waals surface area contributed by atoms with E-state index in [2.05, 4.69) is 68.9 Å². The average Bonchev–Trinajstić information content (AvgIpc) is 3.82. The molecule has 4 aromatic rings. The van der Waals surface area contributed by atoms with Crippen LogP contribution < -0.4 is 9.97 Å². The number of hydrogen-bond acceptors (Lipinski definition) is 8. The van der Waals surface area contributed by atoms with Gasteiger partial charge in [0, 0.05) is 5.56 Å². The zero-order chi connectivity index (χ0) is 45.5. The van der Waals surface area contributed by atoms with Gasteiger partial charge in [-0.05, 0) is 147 Å². The van der Waals surface area contributed by atoms with Crippen molar-refractivity contribution in [2.75, 3.05) is 6.61 Å². The molecule has 6 rings (SSSR count). The summed E-state index contributed by atoms with van der Waals surface area (Å²) < 4.78 is 5.24. The maximum Gasteiger partial charge on any atom is 2.00 e. The molecule has 0 aliphatic carbocycles. The number of aryl methyl sites for hydroxylation is 8. The van der Waals surface area contributed by atoms with Gasteiger partial charge in [-0.2, -0.15) is 5.69 Å². The Bertz CT molecular complexity index is 2700. The summed E-state index contributed by atoms with van der Waals surface area (Å²) in [5.74, 6) is -0.424. The van der Waals surface area contributed by atoms with Crippen LogP contribution in [0.5, 0.6) is 0 Å². The van der Waals surface area contributed by atoms with E-state index in [4.69, 9.17) is 14.7 Å². The predicted octanol–water partition coefficient (Wildman–Crippen LogP) is 10.7. The SMILES string of the molecule is CCOC(=O)C1=C(C)/C(=C(/c2[n-]c(C)c([N+](=O)[O-])c2C)c2c(C)cc(C)cc2C)N=C1C.CCc1c(C)[n-]c(/C(=C2\N=C(C)C([N+](=O)[O-])=C2C)c2c(C)cc(C)cc2C)c1C.[Pd+2]. The Morgan fingerprint density at radius 1 is 0.629 bits per heavy atom. The molecule has 0 spiro atoms. The van der Waals surface area contributed by atoms with Crippen molar-refractivity contribution < 1.29 is 39.8 Å². The smallest absolute Gasteiger partial charge is 0.660 e. The third kappa shape index (κ3) is 8.92. The van der Waals surface area contributed by atoms with Gasteiger partial charge in [0.1, 0.15) is 5.71 Å². The molecule has 0 saturated carbocycles. The molecule has 0 atom stereocenters. The van der Waals surface area contributed by atoms with Crippen LogP contribution in [-0.2, 0) is 36.4 Å². The molecule has 0 N–H and O–H groups in total. The first kappa shape index (κ1) is 48.9. The molecule has 0 radical (unpaired) electrons. The molecule has 0 unspecified atom stereocenters. The maximum absolute atomic E-state index is 12.6. The van der Waals surface area contributed by atoms with Gasteiger partial charge in [0.25, 0.3) is 11.4 Å². The van der Waals surface area contributed by atoms with E-state index in [0.717, 1.165) is 67.9 Å². The number of esters is 1. The fraction of sp³-hybridized carbons (Fsp3) is 0.367. The number of aliphatic imine (C=N–C) groups is 2. The Kier molecular flexibility index (Phi) is 15.1. The van der Waals surface area contributed by atoms with Crippen molar-refractivity contribution in [2.24, 2.45) is 9.98 Å². The molecule has 328 valence electrons. The largest absolute Gasteiger partial charge is 2.00 e. The quantitative estimate of drug-likeness (QED) is 0.0692. The number of carbonyl (C=O) groups excluding carboxylic acids is 1. The molecular weight excluding hydrogens is 875 g/mol. The number of rotatable bonds is 9. The number of hydrogen-bond donors (Lipinski definition) is 0. The fourth-order valence-electron chi connectivity index (χ4n) is 9.19. The molecule has 4 heterocycles. The normalized spacial score (nSPS) is 15.2. The summed E-state index contributed by atoms with van der Waals surface area (Å²) in [7, 11) is 0. The van der Waals surface area contributed by atoms with Gasteiger partial charge in [-0.3, -0.25) is 25.2 Å². The second-order valence-corrected chi connectivity index (χ2v) is 16.1. The van der Waals surface area contributed by atoms with Gasteiger partial charge in [0.15, 0.2) is 0 Å². The topological polar surface area (TPSA) is 166 Å². The molecule has 2 aromatic carbocycles. The van der Waals surface area contributed by atoms with E-state index in [1.165, 1.54) is 11.1 Å². The zero-order valence-electron chi connectivity index (χ0n) is 38.7. The van der Waals surface area contributed by atoms with E-state index < -0.39 is 10.9 Å². The Balaban J connectivity index is 0.000000269. The van der Waals surface area contributed by atoms with Crippen molar-refractivity contribution in [3.63, 3.8) is 0 Å². The van der Waals surface area contributed by atoms with Crippen LogP contribution in [0.4, 0.5) is 5.69 Å². The molecule has 2 aliphatic rings. The molecule has 0 fully saturated rings. The minimum Gasteiger partial charge on any atom is -0.660 e. The van der Waals surface area contributed by atoms with Crippen molar-refractivity contribution in [2.45, 2.75) is 117 Å². The van der Waals surface area contributed by atoms with Gasteiger partial charge >= 0.3 is 26.4 Å². The van der Waals surface area contributed by atoms with Crippen LogP contribution >= 0.6 is 0 Å². The molecule has 2 aliphatic heterocycles. The van der Waals surface area contributed by atoms with Crippen LogP contribution in [0.1, 0.15) is 126 Å². The van der Waals surface area contributed by atoms with Crippen molar-refractivity contribution in [3.8, 4) is 0 Å². The second kappa shape index (κ2) is 19.1. The van der Waals surface area contributed by atoms with Gasteiger partial charge in [-0.1, -0.05) is 73.0 Å². The number of nitrogens with zero attached hydrogens (tertiary/aromatic N) is 6. The van der Waals surface area contributed by atoms with Crippen LogP contribution in [0.3, 0.4) is 0 Å². The van der Waals surface area contributed by atoms with Crippen molar-refractivity contribution >= 4 is 34.2 Å². The van der Waals surface area contributed by atoms with E-state index in [0.29, 0.717) is 62.1 Å². The molecule has 0 bridgehead atoms. The summed E-state index contributed by atoms with van der Waals surface area (Å²) in [4.78, 5) is 54.2. The van der Waals surface area contributed by atoms with Gasteiger partial charge in [-0.15, -0.1) is 11.4 Å². The number of aromatic nitrogens is 2. The first-order chi connectivity index (χ1) is 28.6. The standard InChI is InChI=1S/C25H29N3O4.C24H28N3O2.Pd/c1-9-32-25(29)20-15(5)22(26-17(20)7)21(19-13(3)10-12(2)11-14(19)4)23-16(6)24(28(30)31)18(8)27-23;1-9-19-15(5)22(25-17(19)7)21(20-13(3)10-12(2)11-14(20)4)23-16(6)24(27(28)29)18(8)26-23;/h10-11H,9H2,1-8H3,(H,26,27,29);10-11H,9H2,1-8H3;/q;-1;+2/p-1/b;23-21-;. The van der Waals surface area contributed by atoms with E-state index in [1.807, 2.05) is 34.6 Å². The Labute approximate surface area is 378 Å². The van der Waals surface area contributed by atoms with E-state index >= 15 is 0 Å². The average molecular weight is 931 g/mol. The van der Waals surface area contributed by atoms with Crippen molar-refractivity contribution in [1.82, 2.24) is 9.97 Å². The third-order valence-electron chi connectivity index (χ3n) is 11.6. The summed E-state index contributed by atoms with van der Waals surface area (Å²) in [6, 6.07) is 8.43. The van der Waals surface area contributed by atoms with Gasteiger partial charge < -0.3 is 14.7 Å². The summed E-state index contributed by atoms with van der Waals surface area (Å²) in [6.45, 7) is 31.0. The summed E-state index contributed by atoms with van der Waals surface area (Å²) in [5, 5.41) is 23.3. The Morgan fingerprint density at radius 3 is 1.45 bits per heavy atom. The number of nitro groups is 2. The maximum atomic E-state index is 12.6. The Hall–Kier alpha value is -5.77. The monoisotopic (exact) mass is 930 g/mol. The van der Waals surface area contributed by atoms with Gasteiger partial charge in [-0.25, -0.2) is 9.79 Å². The predicted molar refractivity (Wildman–Crippen MR) is 243 cm³/mol. The van der Waals surface area contributed by atoms with Gasteiger partial charge in [0.2, 0.25) is 0 Å². The molecule has 0 saturated heterocycles. The Morgan fingerprint density at radius 2 is 1.06 bits per heavy atom. The van der Waals surface area contributed by atoms with Crippen LogP contribution in [0.25, 0.3) is 11.1 Å². The number of ether oxygens (including phenoxy) is 1. The van der Waals surface area contributed by atoms with Crippen molar-refractivity contribution in [3.05, 3.63) is 162 Å². The molecule has 12 nitrogen and oxygen atoms in total. The number of benzene rings is 2. The first-order valence-electron chi connectivity index (χ1n) is 20.5. The third-order valence-corrected chi connectivity index (χ3v) is 11.6. The summed E-state index contributed by atoms with van der Waals surface area (Å²) >= 11 is 0. The molecule has 13 heteroatoms. The van der Waals surface area contributed by atoms with Crippen molar-refractivity contribution in [1.29, 1.82) is 0 Å². The first-order valence-corrected chi connectivity index (χ1v) is 20.5. The minimum atomic E-state index is -0.424. The number of carbonyl (C=O) groups is 1. The molecular formula is C49H56N6O6Pd. The molecule has 2 aromatic heterocycles. The zero-order valence-corrected chi connectivity index (χ0v) is 40.2. The molecule has 0 amide bonds. The fourth-order valence-corrected chi connectivity index (χ4v) is 9.19. The number of allylic oxidation sites excluding steroid dienone is 3. The van der Waals surface area contributed by atoms with Crippen LogP contribution in [0, 0.1) is 89.5 Å². The van der Waals surface area contributed by atoms with E-state index in [9.17, 15) is 25.0 Å². The van der Waals surface area contributed by atoms with Crippen LogP contribution in [0.15, 0.2) is 68.1 Å². The van der Waals surface area contributed by atoms with Crippen LogP contribution in [-0.4, -0.2) is 33.8 Å².